The van der Waals surface area contributed by atoms with Crippen LogP contribution in [0.15, 0.2) is 48.6 Å². The van der Waals surface area contributed by atoms with Crippen LogP contribution in [-0.4, -0.2) is 17.5 Å². The summed E-state index contributed by atoms with van der Waals surface area (Å²) in [5, 5.41) is 9.49. The van der Waals surface area contributed by atoms with E-state index in [2.05, 4.69) is 6.58 Å². The van der Waals surface area contributed by atoms with Crippen molar-refractivity contribution in [3.05, 3.63) is 48.6 Å². The molecule has 0 amide bonds. The fourth-order valence-corrected chi connectivity index (χ4v) is 0.992. The maximum Gasteiger partial charge on any atom is 0.142 e. The first kappa shape index (κ1) is 13.6. The number of aldehydes is 1. The normalized spacial score (nSPS) is 14.0. The van der Waals surface area contributed by atoms with Gasteiger partial charge in [0.1, 0.15) is 6.29 Å². The fraction of sp³-hybridized carbons (Fsp3) is 0.308. The van der Waals surface area contributed by atoms with Crippen molar-refractivity contribution in [3.63, 3.8) is 0 Å². The third kappa shape index (κ3) is 8.91. The van der Waals surface area contributed by atoms with Crippen LogP contribution in [0.25, 0.3) is 0 Å². The third-order valence-corrected chi connectivity index (χ3v) is 1.81. The molecule has 0 radical (unpaired) electrons. The number of rotatable bonds is 7. The lowest BCUT2D eigenvalue weighted by Gasteiger charge is -2.04. The first-order valence-electron chi connectivity index (χ1n) is 4.98. The summed E-state index contributed by atoms with van der Waals surface area (Å²) in [7, 11) is 0. The predicted octanol–water partition coefficient (Wildman–Crippen LogP) is 2.57. The molecule has 2 heteroatoms. The lowest BCUT2D eigenvalue weighted by Crippen LogP contribution is -2.01. The molecule has 0 fully saturated rings. The average molecular weight is 206 g/mol. The maximum atomic E-state index is 10.0. The van der Waals surface area contributed by atoms with Crippen molar-refractivity contribution >= 4 is 6.29 Å². The van der Waals surface area contributed by atoms with Crippen LogP contribution in [0.2, 0.25) is 0 Å². The molecule has 82 valence electrons. The lowest BCUT2D eigenvalue weighted by molar-refractivity contribution is -0.104. The largest absolute Gasteiger partial charge is 0.389 e. The molecule has 15 heavy (non-hydrogen) atoms. The van der Waals surface area contributed by atoms with Crippen LogP contribution in [0, 0.1) is 0 Å². The second-order valence-electron chi connectivity index (χ2n) is 3.17. The van der Waals surface area contributed by atoms with Gasteiger partial charge in [-0.2, -0.15) is 0 Å². The molecule has 0 rings (SSSR count). The zero-order chi connectivity index (χ0) is 11.5. The first-order valence-corrected chi connectivity index (χ1v) is 4.98. The minimum absolute atomic E-state index is 0.456. The summed E-state index contributed by atoms with van der Waals surface area (Å²) in [6.07, 6.45) is 11.9. The Bertz CT molecular complexity index is 272. The minimum Gasteiger partial charge on any atom is -0.389 e. The van der Waals surface area contributed by atoms with Crippen molar-refractivity contribution in [1.29, 1.82) is 0 Å². The fourth-order valence-electron chi connectivity index (χ4n) is 0.992. The molecule has 0 heterocycles. The average Bonchev–Trinajstić information content (AvgIpc) is 2.24. The Labute approximate surface area is 91.3 Å². The number of aliphatic hydroxyl groups excluding tert-OH is 1. The zero-order valence-electron chi connectivity index (χ0n) is 9.10. The number of allylic oxidation sites excluding steroid dienone is 6. The van der Waals surface area contributed by atoms with Crippen LogP contribution >= 0.6 is 0 Å². The molecule has 0 aliphatic heterocycles. The summed E-state index contributed by atoms with van der Waals surface area (Å²) < 4.78 is 0. The Morgan fingerprint density at radius 3 is 2.73 bits per heavy atom. The molecule has 0 aromatic heterocycles. The number of aliphatic hydroxyl groups is 1. The summed E-state index contributed by atoms with van der Waals surface area (Å²) in [5.41, 5.74) is 0.848. The van der Waals surface area contributed by atoms with E-state index in [1.165, 1.54) is 6.08 Å². The molecule has 0 bridgehead atoms. The Kier molecular flexibility index (Phi) is 8.30. The molecule has 0 saturated heterocycles. The van der Waals surface area contributed by atoms with Gasteiger partial charge in [0.25, 0.3) is 0 Å². The molecule has 0 aromatic rings. The summed E-state index contributed by atoms with van der Waals surface area (Å²) in [5.74, 6) is 0. The number of carbonyl (C=O) groups excluding carboxylic acids is 1. The van der Waals surface area contributed by atoms with E-state index in [-0.39, 0.29) is 0 Å². The van der Waals surface area contributed by atoms with Crippen LogP contribution in [0.1, 0.15) is 19.8 Å². The Hall–Kier alpha value is -1.41. The van der Waals surface area contributed by atoms with Gasteiger partial charge in [0.2, 0.25) is 0 Å². The highest BCUT2D eigenvalue weighted by molar-refractivity contribution is 5.65. The smallest absolute Gasteiger partial charge is 0.142 e. The second kappa shape index (κ2) is 9.16. The van der Waals surface area contributed by atoms with Crippen LogP contribution < -0.4 is 0 Å². The third-order valence-electron chi connectivity index (χ3n) is 1.81. The predicted molar refractivity (Wildman–Crippen MR) is 63.5 cm³/mol. The van der Waals surface area contributed by atoms with Gasteiger partial charge in [0, 0.05) is 0 Å². The van der Waals surface area contributed by atoms with Gasteiger partial charge in [0.15, 0.2) is 0 Å². The van der Waals surface area contributed by atoms with Crippen LogP contribution in [-0.2, 0) is 4.79 Å². The highest BCUT2D eigenvalue weighted by Gasteiger charge is 1.98. The van der Waals surface area contributed by atoms with E-state index >= 15 is 0 Å². The molecule has 0 saturated carbocycles. The van der Waals surface area contributed by atoms with Crippen molar-refractivity contribution < 1.29 is 9.90 Å². The van der Waals surface area contributed by atoms with E-state index in [1.54, 1.807) is 12.2 Å². The van der Waals surface area contributed by atoms with Gasteiger partial charge in [-0.3, -0.25) is 4.79 Å². The summed E-state index contributed by atoms with van der Waals surface area (Å²) in [4.78, 5) is 10.0. The molecule has 0 aliphatic carbocycles. The molecule has 0 unspecified atom stereocenters. The van der Waals surface area contributed by atoms with Crippen LogP contribution in [0.4, 0.5) is 0 Å². The number of carbonyl (C=O) groups is 1. The van der Waals surface area contributed by atoms with Gasteiger partial charge in [0.05, 0.1) is 6.10 Å². The standard InChI is InChI=1S/C13H18O2/c1-3-4-5-8-13(15)10-9-12(2)7-6-11-14/h3-8,11,13,15H,2,9-10H2,1H3/b4-3+,7-6+,8-5+/t13-/m0/s1. The molecule has 2 nitrogen and oxygen atoms in total. The SMILES string of the molecule is C=C(/C=C/C=O)CC[C@@H](O)/C=C/C=C/C. The quantitative estimate of drug-likeness (QED) is 0.395. The van der Waals surface area contributed by atoms with Crippen molar-refractivity contribution in [2.45, 2.75) is 25.9 Å². The zero-order valence-corrected chi connectivity index (χ0v) is 9.10. The van der Waals surface area contributed by atoms with Crippen molar-refractivity contribution in [3.8, 4) is 0 Å². The summed E-state index contributed by atoms with van der Waals surface area (Å²) in [6.45, 7) is 5.69. The van der Waals surface area contributed by atoms with E-state index in [4.69, 9.17) is 0 Å². The van der Waals surface area contributed by atoms with Crippen LogP contribution in [0.3, 0.4) is 0 Å². The van der Waals surface area contributed by atoms with E-state index in [1.807, 2.05) is 25.2 Å². The van der Waals surface area contributed by atoms with Crippen molar-refractivity contribution in [2.24, 2.45) is 0 Å². The van der Waals surface area contributed by atoms with E-state index in [0.29, 0.717) is 19.1 Å². The highest BCUT2D eigenvalue weighted by Crippen LogP contribution is 2.07. The molecule has 0 aliphatic rings. The molecular weight excluding hydrogens is 188 g/mol. The minimum atomic E-state index is -0.456. The van der Waals surface area contributed by atoms with Gasteiger partial charge >= 0.3 is 0 Å². The number of hydrogen-bond donors (Lipinski definition) is 1. The van der Waals surface area contributed by atoms with Gasteiger partial charge in [-0.1, -0.05) is 42.5 Å². The topological polar surface area (TPSA) is 37.3 Å². The molecule has 1 N–H and O–H groups in total. The van der Waals surface area contributed by atoms with E-state index in [0.717, 1.165) is 5.57 Å². The van der Waals surface area contributed by atoms with Gasteiger partial charge in [-0.25, -0.2) is 0 Å². The van der Waals surface area contributed by atoms with Crippen molar-refractivity contribution in [2.75, 3.05) is 0 Å². The summed E-state index contributed by atoms with van der Waals surface area (Å²) in [6, 6.07) is 0. The van der Waals surface area contributed by atoms with Gasteiger partial charge in [-0.05, 0) is 25.8 Å². The summed E-state index contributed by atoms with van der Waals surface area (Å²) >= 11 is 0. The second-order valence-corrected chi connectivity index (χ2v) is 3.17. The Balaban J connectivity index is 3.79. The molecule has 1 atom stereocenters. The highest BCUT2D eigenvalue weighted by atomic mass is 16.3. The Morgan fingerprint density at radius 2 is 2.13 bits per heavy atom. The van der Waals surface area contributed by atoms with E-state index in [9.17, 15) is 9.90 Å². The Morgan fingerprint density at radius 1 is 1.40 bits per heavy atom. The maximum absolute atomic E-state index is 10.0. The monoisotopic (exact) mass is 206 g/mol. The first-order chi connectivity index (χ1) is 7.20. The van der Waals surface area contributed by atoms with Crippen LogP contribution in [0.5, 0.6) is 0 Å². The lowest BCUT2D eigenvalue weighted by atomic mass is 10.1. The van der Waals surface area contributed by atoms with E-state index < -0.39 is 6.10 Å². The molecule has 0 aromatic carbocycles. The molecule has 0 spiro atoms. The number of hydrogen-bond acceptors (Lipinski definition) is 2. The van der Waals surface area contributed by atoms with Gasteiger partial charge in [-0.15, -0.1) is 0 Å². The van der Waals surface area contributed by atoms with Crippen molar-refractivity contribution in [1.82, 2.24) is 0 Å². The molecular formula is C13H18O2. The van der Waals surface area contributed by atoms with Gasteiger partial charge < -0.3 is 5.11 Å².